The third-order valence-corrected chi connectivity index (χ3v) is 4.96. The van der Waals surface area contributed by atoms with Gasteiger partial charge in [-0.3, -0.25) is 9.88 Å². The first kappa shape index (κ1) is 12.8. The average molecular weight is 276 g/mol. The molecule has 2 atom stereocenters. The fourth-order valence-corrected chi connectivity index (χ4v) is 3.64. The molecule has 0 aliphatic carbocycles. The Balaban J connectivity index is 1.62. The summed E-state index contributed by atoms with van der Waals surface area (Å²) in [6, 6.07) is 16.3. The highest BCUT2D eigenvalue weighted by atomic mass is 15.2. The molecule has 21 heavy (non-hydrogen) atoms. The van der Waals surface area contributed by atoms with Gasteiger partial charge >= 0.3 is 0 Å². The predicted octanol–water partition coefficient (Wildman–Crippen LogP) is 4.00. The monoisotopic (exact) mass is 276 g/mol. The molecule has 3 heterocycles. The van der Waals surface area contributed by atoms with E-state index in [0.717, 1.165) is 11.7 Å². The van der Waals surface area contributed by atoms with Crippen LogP contribution in [0.5, 0.6) is 0 Å². The first-order chi connectivity index (χ1) is 10.3. The van der Waals surface area contributed by atoms with Crippen molar-refractivity contribution in [3.8, 4) is 11.3 Å². The van der Waals surface area contributed by atoms with Gasteiger partial charge in [0, 0.05) is 23.8 Å². The van der Waals surface area contributed by atoms with Crippen LogP contribution in [0.25, 0.3) is 16.8 Å². The molecule has 2 heteroatoms. The number of fused-ring (bicyclic) bond motifs is 2. The second-order valence-electron chi connectivity index (χ2n) is 6.15. The molecule has 2 aliphatic rings. The molecule has 2 nitrogen and oxygen atoms in total. The second-order valence-corrected chi connectivity index (χ2v) is 6.15. The van der Waals surface area contributed by atoms with Crippen LogP contribution in [0.2, 0.25) is 0 Å². The van der Waals surface area contributed by atoms with Crippen molar-refractivity contribution in [3.05, 3.63) is 60.3 Å². The molecule has 1 saturated heterocycles. The van der Waals surface area contributed by atoms with Gasteiger partial charge in [0.2, 0.25) is 0 Å². The van der Waals surface area contributed by atoms with E-state index < -0.39 is 0 Å². The lowest BCUT2D eigenvalue weighted by Gasteiger charge is -2.30. The van der Waals surface area contributed by atoms with Gasteiger partial charge in [-0.05, 0) is 49.6 Å². The molecular formula is C19H20N2. The molecule has 0 saturated carbocycles. The molecule has 1 aromatic carbocycles. The number of nitrogens with zero attached hydrogens (tertiary/aromatic N) is 2. The molecule has 106 valence electrons. The largest absolute Gasteiger partial charge is 0.297 e. The minimum Gasteiger partial charge on any atom is -0.297 e. The Morgan fingerprint density at radius 2 is 1.81 bits per heavy atom. The van der Waals surface area contributed by atoms with E-state index in [1.165, 1.54) is 36.0 Å². The van der Waals surface area contributed by atoms with E-state index >= 15 is 0 Å². The second kappa shape index (κ2) is 5.12. The van der Waals surface area contributed by atoms with Crippen molar-refractivity contribution in [2.24, 2.45) is 0 Å². The number of hydrogen-bond acceptors (Lipinski definition) is 2. The maximum absolute atomic E-state index is 4.41. The highest BCUT2D eigenvalue weighted by Crippen LogP contribution is 2.37. The summed E-state index contributed by atoms with van der Waals surface area (Å²) in [5.74, 6) is 0. The van der Waals surface area contributed by atoms with Crippen LogP contribution in [0.1, 0.15) is 24.8 Å². The Kier molecular flexibility index (Phi) is 3.12. The van der Waals surface area contributed by atoms with Crippen molar-refractivity contribution in [1.82, 2.24) is 9.88 Å². The standard InChI is InChI=1S/C19H20N2/c1-21-17-9-10-18(21)13-16(12-17)14-5-7-15(8-6-14)19-4-2-3-11-20-19/h2-8,11-12,17-18H,9-10,13H2,1H3. The summed E-state index contributed by atoms with van der Waals surface area (Å²) in [5, 5.41) is 0. The van der Waals surface area contributed by atoms with Crippen molar-refractivity contribution in [2.75, 3.05) is 7.05 Å². The van der Waals surface area contributed by atoms with E-state index in [1.807, 2.05) is 18.3 Å². The van der Waals surface area contributed by atoms with E-state index in [2.05, 4.69) is 53.3 Å². The minimum absolute atomic E-state index is 0.647. The predicted molar refractivity (Wildman–Crippen MR) is 86.8 cm³/mol. The number of likely N-dealkylation sites (N-methyl/N-ethyl adjacent to an activating group) is 1. The Bertz CT molecular complexity index is 658. The van der Waals surface area contributed by atoms with E-state index in [1.54, 1.807) is 0 Å². The van der Waals surface area contributed by atoms with Crippen LogP contribution in [0.3, 0.4) is 0 Å². The summed E-state index contributed by atoms with van der Waals surface area (Å²) in [6.45, 7) is 0. The summed E-state index contributed by atoms with van der Waals surface area (Å²) in [4.78, 5) is 6.95. The van der Waals surface area contributed by atoms with E-state index in [0.29, 0.717) is 6.04 Å². The molecule has 1 fully saturated rings. The lowest BCUT2D eigenvalue weighted by Crippen LogP contribution is -2.34. The Hall–Kier alpha value is -1.93. The van der Waals surface area contributed by atoms with Crippen molar-refractivity contribution >= 4 is 5.57 Å². The Morgan fingerprint density at radius 1 is 1.00 bits per heavy atom. The molecule has 0 spiro atoms. The zero-order chi connectivity index (χ0) is 14.2. The summed E-state index contributed by atoms with van der Waals surface area (Å²) in [5.41, 5.74) is 5.13. The van der Waals surface area contributed by atoms with E-state index in [4.69, 9.17) is 0 Å². The lowest BCUT2D eigenvalue weighted by molar-refractivity contribution is 0.264. The van der Waals surface area contributed by atoms with Crippen LogP contribution < -0.4 is 0 Å². The summed E-state index contributed by atoms with van der Waals surface area (Å²) in [7, 11) is 2.26. The lowest BCUT2D eigenvalue weighted by atomic mass is 9.94. The quantitative estimate of drug-likeness (QED) is 0.824. The molecule has 4 rings (SSSR count). The number of benzene rings is 1. The molecule has 0 radical (unpaired) electrons. The Labute approximate surface area is 126 Å². The highest BCUT2D eigenvalue weighted by Gasteiger charge is 2.33. The molecule has 0 amide bonds. The topological polar surface area (TPSA) is 16.1 Å². The van der Waals surface area contributed by atoms with Crippen molar-refractivity contribution in [1.29, 1.82) is 0 Å². The van der Waals surface area contributed by atoms with Crippen LogP contribution in [0.4, 0.5) is 0 Å². The molecule has 2 bridgehead atoms. The summed E-state index contributed by atoms with van der Waals surface area (Å²) >= 11 is 0. The number of aromatic nitrogens is 1. The molecule has 1 aromatic heterocycles. The van der Waals surface area contributed by atoms with Gasteiger partial charge in [0.05, 0.1) is 5.69 Å². The molecule has 2 unspecified atom stereocenters. The number of rotatable bonds is 2. The van der Waals surface area contributed by atoms with Gasteiger partial charge in [0.15, 0.2) is 0 Å². The molecule has 2 aromatic rings. The van der Waals surface area contributed by atoms with Crippen molar-refractivity contribution < 1.29 is 0 Å². The van der Waals surface area contributed by atoms with E-state index in [-0.39, 0.29) is 0 Å². The zero-order valence-electron chi connectivity index (χ0n) is 12.4. The van der Waals surface area contributed by atoms with Gasteiger partial charge in [-0.2, -0.15) is 0 Å². The summed E-state index contributed by atoms with van der Waals surface area (Å²) < 4.78 is 0. The van der Waals surface area contributed by atoms with Crippen LogP contribution >= 0.6 is 0 Å². The fraction of sp³-hybridized carbons (Fsp3) is 0.316. The van der Waals surface area contributed by atoms with Crippen molar-refractivity contribution in [2.45, 2.75) is 31.3 Å². The number of pyridine rings is 1. The Morgan fingerprint density at radius 3 is 2.52 bits per heavy atom. The highest BCUT2D eigenvalue weighted by molar-refractivity contribution is 5.71. The smallest absolute Gasteiger partial charge is 0.0701 e. The molecular weight excluding hydrogens is 256 g/mol. The fourth-order valence-electron chi connectivity index (χ4n) is 3.64. The first-order valence-electron chi connectivity index (χ1n) is 7.76. The van der Waals surface area contributed by atoms with Gasteiger partial charge in [-0.1, -0.05) is 36.4 Å². The van der Waals surface area contributed by atoms with Gasteiger partial charge in [0.25, 0.3) is 0 Å². The van der Waals surface area contributed by atoms with Crippen LogP contribution in [0, 0.1) is 0 Å². The van der Waals surface area contributed by atoms with Crippen LogP contribution in [-0.4, -0.2) is 29.0 Å². The van der Waals surface area contributed by atoms with Gasteiger partial charge < -0.3 is 0 Å². The molecule has 0 N–H and O–H groups in total. The third kappa shape index (κ3) is 2.30. The maximum Gasteiger partial charge on any atom is 0.0701 e. The third-order valence-electron chi connectivity index (χ3n) is 4.96. The SMILES string of the molecule is CN1C2C=C(c3ccc(-c4ccccn4)cc3)CC1CC2. The van der Waals surface area contributed by atoms with Crippen LogP contribution in [-0.2, 0) is 0 Å². The normalized spacial score (nSPS) is 24.9. The first-order valence-corrected chi connectivity index (χ1v) is 7.76. The van der Waals surface area contributed by atoms with Gasteiger partial charge in [0.1, 0.15) is 0 Å². The number of hydrogen-bond donors (Lipinski definition) is 0. The zero-order valence-corrected chi connectivity index (χ0v) is 12.4. The van der Waals surface area contributed by atoms with Crippen molar-refractivity contribution in [3.63, 3.8) is 0 Å². The van der Waals surface area contributed by atoms with E-state index in [9.17, 15) is 0 Å². The van der Waals surface area contributed by atoms with Gasteiger partial charge in [-0.25, -0.2) is 0 Å². The maximum atomic E-state index is 4.41. The van der Waals surface area contributed by atoms with Gasteiger partial charge in [-0.15, -0.1) is 0 Å². The summed E-state index contributed by atoms with van der Waals surface area (Å²) in [6.07, 6.45) is 8.17. The average Bonchev–Trinajstić information content (AvgIpc) is 2.77. The van der Waals surface area contributed by atoms with Crippen LogP contribution in [0.15, 0.2) is 54.7 Å². The molecule has 2 aliphatic heterocycles. The minimum atomic E-state index is 0.647.